The number of amides is 1. The Morgan fingerprint density at radius 2 is 2.00 bits per heavy atom. The number of carbonyl (C=O) groups is 2. The number of aliphatic hydroxyl groups is 1. The van der Waals surface area contributed by atoms with Crippen molar-refractivity contribution in [3.05, 3.63) is 65.9 Å². The molecular weight excluding hydrogens is 410 g/mol. The average molecular weight is 442 g/mol. The number of phenolic OH excluding ortho intramolecular Hbond substituents is 1. The van der Waals surface area contributed by atoms with Gasteiger partial charge in [-0.05, 0) is 37.3 Å². The van der Waals surface area contributed by atoms with E-state index in [9.17, 15) is 19.8 Å². The quantitative estimate of drug-likeness (QED) is 0.355. The van der Waals surface area contributed by atoms with Crippen molar-refractivity contribution in [2.75, 3.05) is 0 Å². The van der Waals surface area contributed by atoms with Gasteiger partial charge in [-0.15, -0.1) is 0 Å². The lowest BCUT2D eigenvalue weighted by atomic mass is 9.91. The molecule has 7 heteroatoms. The second-order valence-corrected chi connectivity index (χ2v) is 8.13. The third-order valence-electron chi connectivity index (χ3n) is 5.51. The molecule has 1 amide bonds. The van der Waals surface area contributed by atoms with E-state index in [2.05, 4.69) is 5.32 Å². The number of esters is 1. The van der Waals surface area contributed by atoms with Gasteiger partial charge in [0.15, 0.2) is 0 Å². The molecule has 2 aliphatic rings. The van der Waals surface area contributed by atoms with E-state index in [1.54, 1.807) is 24.3 Å². The van der Waals surface area contributed by atoms with Gasteiger partial charge in [0.1, 0.15) is 17.4 Å². The number of phenols is 1. The number of carbonyl (C=O) groups excluding carboxylic acids is 2. The van der Waals surface area contributed by atoms with E-state index in [1.165, 1.54) is 18.3 Å². The lowest BCUT2D eigenvalue weighted by Crippen LogP contribution is -2.40. The van der Waals surface area contributed by atoms with Gasteiger partial charge >= 0.3 is 5.97 Å². The standard InChI is InChI=1S/C25H31NO6/c1-2-3-4-5-11-23(29)26-12-7-9-19-16-21-15-18(27)14-20(31-21)13-17-8-6-10-22(28)24(17)25(30)32-19/h3-8,10-12,18-21,27-28H,2,9,13-16H2,1H3,(H,26,29)/b4-3-,11-5-,12-7+/t18-,19+,20?,21-/m1/s1. The Hall–Kier alpha value is -2.90. The predicted molar refractivity (Wildman–Crippen MR) is 120 cm³/mol. The van der Waals surface area contributed by atoms with E-state index in [0.717, 1.165) is 6.42 Å². The van der Waals surface area contributed by atoms with Crippen LogP contribution in [0.3, 0.4) is 0 Å². The molecule has 0 radical (unpaired) electrons. The summed E-state index contributed by atoms with van der Waals surface area (Å²) >= 11 is 0. The number of ether oxygens (including phenoxy) is 2. The zero-order valence-corrected chi connectivity index (χ0v) is 18.3. The van der Waals surface area contributed by atoms with E-state index in [0.29, 0.717) is 37.7 Å². The van der Waals surface area contributed by atoms with Crippen LogP contribution >= 0.6 is 0 Å². The van der Waals surface area contributed by atoms with Gasteiger partial charge in [-0.2, -0.15) is 0 Å². The SMILES string of the molecule is CC/C=C\C=C/C(=O)N/C=C/C[C@H]1C[C@H]2C[C@H](O)CC(Cc3cccc(O)c3C(=O)O1)O2. The summed E-state index contributed by atoms with van der Waals surface area (Å²) in [6.45, 7) is 2.01. The van der Waals surface area contributed by atoms with Gasteiger partial charge in [0, 0.05) is 25.1 Å². The fourth-order valence-electron chi connectivity index (χ4n) is 4.07. The summed E-state index contributed by atoms with van der Waals surface area (Å²) in [7, 11) is 0. The minimum Gasteiger partial charge on any atom is -0.507 e. The van der Waals surface area contributed by atoms with Crippen molar-refractivity contribution in [1.29, 1.82) is 0 Å². The number of rotatable bonds is 6. The maximum absolute atomic E-state index is 12.9. The van der Waals surface area contributed by atoms with Crippen molar-refractivity contribution in [1.82, 2.24) is 5.32 Å². The topological polar surface area (TPSA) is 105 Å². The minimum absolute atomic E-state index is 0.133. The molecule has 4 atom stereocenters. The molecule has 1 aromatic carbocycles. The number of fused-ring (bicyclic) bond motifs is 3. The molecule has 0 spiro atoms. The number of allylic oxidation sites excluding steroid dienone is 3. The highest BCUT2D eigenvalue weighted by Gasteiger charge is 2.34. The molecular formula is C25H31NO6. The van der Waals surface area contributed by atoms with Gasteiger partial charge in [-0.3, -0.25) is 4.79 Å². The fraction of sp³-hybridized carbons (Fsp3) is 0.440. The van der Waals surface area contributed by atoms with Gasteiger partial charge in [-0.1, -0.05) is 43.4 Å². The number of aromatic hydroxyl groups is 1. The van der Waals surface area contributed by atoms with Gasteiger partial charge < -0.3 is 25.0 Å². The van der Waals surface area contributed by atoms with Crippen LogP contribution in [0.2, 0.25) is 0 Å². The van der Waals surface area contributed by atoms with Crippen LogP contribution in [-0.2, 0) is 20.7 Å². The van der Waals surface area contributed by atoms with Crippen LogP contribution in [-0.4, -0.2) is 46.5 Å². The molecule has 2 bridgehead atoms. The third kappa shape index (κ3) is 6.80. The Morgan fingerprint density at radius 1 is 1.19 bits per heavy atom. The Labute approximate surface area is 188 Å². The Balaban J connectivity index is 1.70. The summed E-state index contributed by atoms with van der Waals surface area (Å²) in [5.41, 5.74) is 0.780. The van der Waals surface area contributed by atoms with Gasteiger partial charge in [0.25, 0.3) is 0 Å². The first-order chi connectivity index (χ1) is 15.5. The molecule has 0 saturated carbocycles. The van der Waals surface area contributed by atoms with Crippen molar-refractivity contribution in [3.8, 4) is 5.75 Å². The van der Waals surface area contributed by atoms with Crippen LogP contribution in [0.15, 0.2) is 54.8 Å². The molecule has 2 heterocycles. The number of cyclic esters (lactones) is 1. The third-order valence-corrected chi connectivity index (χ3v) is 5.51. The van der Waals surface area contributed by atoms with Crippen LogP contribution < -0.4 is 5.32 Å². The van der Waals surface area contributed by atoms with E-state index in [-0.39, 0.29) is 29.4 Å². The average Bonchev–Trinajstić information content (AvgIpc) is 2.73. The highest BCUT2D eigenvalue weighted by atomic mass is 16.5. The Kier molecular flexibility index (Phi) is 8.64. The lowest BCUT2D eigenvalue weighted by molar-refractivity contribution is -0.115. The molecule has 0 aromatic heterocycles. The summed E-state index contributed by atoms with van der Waals surface area (Å²) in [5, 5.41) is 23.2. The molecule has 1 fully saturated rings. The van der Waals surface area contributed by atoms with Crippen LogP contribution in [0.1, 0.15) is 54.9 Å². The molecule has 1 saturated heterocycles. The first kappa shape index (κ1) is 23.8. The highest BCUT2D eigenvalue weighted by Crippen LogP contribution is 2.32. The first-order valence-corrected chi connectivity index (χ1v) is 11.1. The van der Waals surface area contributed by atoms with Crippen molar-refractivity contribution >= 4 is 11.9 Å². The molecule has 3 rings (SSSR count). The summed E-state index contributed by atoms with van der Waals surface area (Å²) in [4.78, 5) is 24.7. The largest absolute Gasteiger partial charge is 0.507 e. The van der Waals surface area contributed by atoms with Crippen molar-refractivity contribution in [3.63, 3.8) is 0 Å². The van der Waals surface area contributed by atoms with Gasteiger partial charge in [0.05, 0.1) is 18.3 Å². The first-order valence-electron chi connectivity index (χ1n) is 11.1. The van der Waals surface area contributed by atoms with Crippen molar-refractivity contribution in [2.24, 2.45) is 0 Å². The lowest BCUT2D eigenvalue weighted by Gasteiger charge is -2.36. The molecule has 2 aliphatic heterocycles. The molecule has 0 aliphatic carbocycles. The predicted octanol–water partition coefficient (Wildman–Crippen LogP) is 3.31. The second-order valence-electron chi connectivity index (χ2n) is 8.13. The second kappa shape index (κ2) is 11.6. The Morgan fingerprint density at radius 3 is 2.81 bits per heavy atom. The molecule has 7 nitrogen and oxygen atoms in total. The van der Waals surface area contributed by atoms with Crippen LogP contribution in [0, 0.1) is 0 Å². The maximum Gasteiger partial charge on any atom is 0.342 e. The Bertz CT molecular complexity index is 890. The number of hydrogen-bond acceptors (Lipinski definition) is 6. The number of nitrogens with one attached hydrogen (secondary N) is 1. The highest BCUT2D eigenvalue weighted by molar-refractivity contribution is 5.94. The van der Waals surface area contributed by atoms with E-state index < -0.39 is 18.2 Å². The summed E-state index contributed by atoms with van der Waals surface area (Å²) in [6.07, 6.45) is 11.7. The summed E-state index contributed by atoms with van der Waals surface area (Å²) in [5.74, 6) is -0.969. The smallest absolute Gasteiger partial charge is 0.342 e. The zero-order valence-electron chi connectivity index (χ0n) is 18.3. The summed E-state index contributed by atoms with van der Waals surface area (Å²) < 4.78 is 11.9. The molecule has 3 N–H and O–H groups in total. The molecule has 1 unspecified atom stereocenters. The fourth-order valence-corrected chi connectivity index (χ4v) is 4.07. The number of hydrogen-bond donors (Lipinski definition) is 3. The molecule has 1 aromatic rings. The van der Waals surface area contributed by atoms with E-state index in [4.69, 9.17) is 9.47 Å². The van der Waals surface area contributed by atoms with Gasteiger partial charge in [0.2, 0.25) is 5.91 Å². The molecule has 172 valence electrons. The maximum atomic E-state index is 12.9. The van der Waals surface area contributed by atoms with Gasteiger partial charge in [-0.25, -0.2) is 4.79 Å². The van der Waals surface area contributed by atoms with E-state index in [1.807, 2.05) is 19.1 Å². The monoisotopic (exact) mass is 441 g/mol. The number of benzene rings is 1. The van der Waals surface area contributed by atoms with E-state index >= 15 is 0 Å². The van der Waals surface area contributed by atoms with Crippen LogP contribution in [0.4, 0.5) is 0 Å². The summed E-state index contributed by atoms with van der Waals surface area (Å²) in [6, 6.07) is 4.91. The van der Waals surface area contributed by atoms with Crippen molar-refractivity contribution < 1.29 is 29.3 Å². The van der Waals surface area contributed by atoms with Crippen LogP contribution in [0.5, 0.6) is 5.75 Å². The number of aliphatic hydroxyl groups excluding tert-OH is 1. The minimum atomic E-state index is -0.577. The van der Waals surface area contributed by atoms with Crippen molar-refractivity contribution in [2.45, 2.75) is 69.9 Å². The zero-order chi connectivity index (χ0) is 22.9. The molecule has 32 heavy (non-hydrogen) atoms. The normalized spacial score (nSPS) is 26.2. The van der Waals surface area contributed by atoms with Crippen LogP contribution in [0.25, 0.3) is 0 Å².